The minimum absolute atomic E-state index is 0.0503. The Kier molecular flexibility index (Phi) is 4.28. The topological polar surface area (TPSA) is 38.3 Å². The molecule has 0 saturated heterocycles. The molecular formula is C23H19NO2. The van der Waals surface area contributed by atoms with Crippen LogP contribution in [0.2, 0.25) is 0 Å². The van der Waals surface area contributed by atoms with Crippen LogP contribution in [0.25, 0.3) is 0 Å². The molecular weight excluding hydrogens is 322 g/mol. The van der Waals surface area contributed by atoms with Crippen LogP contribution in [-0.4, -0.2) is 12.9 Å². The summed E-state index contributed by atoms with van der Waals surface area (Å²) in [4.78, 5) is 13.0. The molecule has 0 heterocycles. The van der Waals surface area contributed by atoms with Crippen LogP contribution in [0.5, 0.6) is 5.75 Å². The predicted octanol–water partition coefficient (Wildman–Crippen LogP) is 5.02. The lowest BCUT2D eigenvalue weighted by molar-refractivity contribution is 0.103. The van der Waals surface area contributed by atoms with E-state index < -0.39 is 0 Å². The summed E-state index contributed by atoms with van der Waals surface area (Å²) in [5.74, 6) is 0.829. The highest BCUT2D eigenvalue weighted by molar-refractivity contribution is 6.15. The van der Waals surface area contributed by atoms with Gasteiger partial charge in [0.25, 0.3) is 0 Å². The molecule has 1 aliphatic rings. The molecule has 0 fully saturated rings. The molecule has 0 spiro atoms. The standard InChI is InChI=1S/C23H19NO2/c1-26-18-13-11-17(12-14-18)24-15-21-22(16-7-3-2-4-8-16)19-9-5-6-10-20(19)23(21)25/h2-15,22,24H,1H3. The molecule has 4 rings (SSSR count). The van der Waals surface area contributed by atoms with Crippen molar-refractivity contribution >= 4 is 11.5 Å². The molecule has 3 aromatic rings. The lowest BCUT2D eigenvalue weighted by atomic mass is 9.90. The van der Waals surface area contributed by atoms with E-state index in [1.807, 2.05) is 72.9 Å². The molecule has 1 unspecified atom stereocenters. The monoisotopic (exact) mass is 341 g/mol. The molecule has 1 atom stereocenters. The zero-order chi connectivity index (χ0) is 17.9. The van der Waals surface area contributed by atoms with E-state index >= 15 is 0 Å². The Morgan fingerprint density at radius 3 is 2.31 bits per heavy atom. The molecule has 3 nitrogen and oxygen atoms in total. The Balaban J connectivity index is 1.72. The summed E-state index contributed by atoms with van der Waals surface area (Å²) in [6.45, 7) is 0. The lowest BCUT2D eigenvalue weighted by Crippen LogP contribution is -2.05. The number of rotatable bonds is 4. The SMILES string of the molecule is COc1ccc(NC=C2C(=O)c3ccccc3C2c2ccccc2)cc1. The van der Waals surface area contributed by atoms with Gasteiger partial charge in [-0.1, -0.05) is 54.6 Å². The number of ether oxygens (including phenoxy) is 1. The van der Waals surface area contributed by atoms with Gasteiger partial charge in [-0.3, -0.25) is 4.79 Å². The first-order valence-electron chi connectivity index (χ1n) is 8.57. The Morgan fingerprint density at radius 1 is 0.885 bits per heavy atom. The zero-order valence-corrected chi connectivity index (χ0v) is 14.5. The molecule has 0 amide bonds. The second-order valence-electron chi connectivity index (χ2n) is 6.23. The lowest BCUT2D eigenvalue weighted by Gasteiger charge is -2.14. The van der Waals surface area contributed by atoms with Gasteiger partial charge in [0.1, 0.15) is 5.75 Å². The van der Waals surface area contributed by atoms with Gasteiger partial charge in [-0.25, -0.2) is 0 Å². The van der Waals surface area contributed by atoms with E-state index in [9.17, 15) is 4.79 Å². The molecule has 0 saturated carbocycles. The number of hydrogen-bond acceptors (Lipinski definition) is 3. The van der Waals surface area contributed by atoms with Crippen molar-refractivity contribution < 1.29 is 9.53 Å². The fraction of sp³-hybridized carbons (Fsp3) is 0.0870. The van der Waals surface area contributed by atoms with Crippen molar-refractivity contribution in [3.8, 4) is 5.75 Å². The Labute approximate surface area is 152 Å². The van der Waals surface area contributed by atoms with Crippen molar-refractivity contribution in [2.45, 2.75) is 5.92 Å². The fourth-order valence-corrected chi connectivity index (χ4v) is 3.41. The molecule has 3 aromatic carbocycles. The van der Waals surface area contributed by atoms with E-state index in [1.54, 1.807) is 7.11 Å². The third-order valence-electron chi connectivity index (χ3n) is 4.71. The number of nitrogens with one attached hydrogen (secondary N) is 1. The third kappa shape index (κ3) is 2.88. The summed E-state index contributed by atoms with van der Waals surface area (Å²) < 4.78 is 5.18. The number of allylic oxidation sites excluding steroid dienone is 1. The summed E-state index contributed by atoms with van der Waals surface area (Å²) in [6.07, 6.45) is 1.84. The van der Waals surface area contributed by atoms with E-state index in [0.29, 0.717) is 0 Å². The van der Waals surface area contributed by atoms with Gasteiger partial charge < -0.3 is 10.1 Å². The third-order valence-corrected chi connectivity index (χ3v) is 4.71. The second-order valence-corrected chi connectivity index (χ2v) is 6.23. The molecule has 0 aliphatic heterocycles. The number of ketones is 1. The summed E-state index contributed by atoms with van der Waals surface area (Å²) >= 11 is 0. The van der Waals surface area contributed by atoms with E-state index in [1.165, 1.54) is 0 Å². The highest BCUT2D eigenvalue weighted by Crippen LogP contribution is 2.41. The van der Waals surface area contributed by atoms with Crippen LogP contribution in [0.4, 0.5) is 5.69 Å². The van der Waals surface area contributed by atoms with Crippen LogP contribution < -0.4 is 10.1 Å². The number of benzene rings is 3. The summed E-state index contributed by atoms with van der Waals surface area (Å²) in [5, 5.41) is 3.26. The quantitative estimate of drug-likeness (QED) is 0.677. The maximum Gasteiger partial charge on any atom is 0.191 e. The first-order chi connectivity index (χ1) is 12.8. The van der Waals surface area contributed by atoms with Crippen LogP contribution in [0, 0.1) is 0 Å². The maximum atomic E-state index is 13.0. The maximum absolute atomic E-state index is 13.0. The Hall–Kier alpha value is -3.33. The number of carbonyl (C=O) groups is 1. The van der Waals surface area contributed by atoms with Crippen LogP contribution in [0.1, 0.15) is 27.4 Å². The van der Waals surface area contributed by atoms with E-state index in [0.717, 1.165) is 33.7 Å². The van der Waals surface area contributed by atoms with Gasteiger partial charge in [0.05, 0.1) is 7.11 Å². The minimum Gasteiger partial charge on any atom is -0.497 e. The van der Waals surface area contributed by atoms with E-state index in [4.69, 9.17) is 4.74 Å². The van der Waals surface area contributed by atoms with Crippen molar-refractivity contribution in [2.24, 2.45) is 0 Å². The summed E-state index contributed by atoms with van der Waals surface area (Å²) in [7, 11) is 1.64. The van der Waals surface area contributed by atoms with Gasteiger partial charge in [-0.05, 0) is 35.4 Å². The van der Waals surface area contributed by atoms with Crippen LogP contribution >= 0.6 is 0 Å². The van der Waals surface area contributed by atoms with Gasteiger partial charge in [0, 0.05) is 28.9 Å². The smallest absolute Gasteiger partial charge is 0.191 e. The molecule has 0 radical (unpaired) electrons. The van der Waals surface area contributed by atoms with Crippen LogP contribution in [-0.2, 0) is 0 Å². The molecule has 1 N–H and O–H groups in total. The van der Waals surface area contributed by atoms with Gasteiger partial charge in [-0.2, -0.15) is 0 Å². The van der Waals surface area contributed by atoms with Crippen molar-refractivity contribution in [1.82, 2.24) is 0 Å². The fourth-order valence-electron chi connectivity index (χ4n) is 3.41. The van der Waals surface area contributed by atoms with E-state index in [2.05, 4.69) is 17.4 Å². The van der Waals surface area contributed by atoms with Gasteiger partial charge in [0.2, 0.25) is 0 Å². The van der Waals surface area contributed by atoms with Gasteiger partial charge in [-0.15, -0.1) is 0 Å². The largest absolute Gasteiger partial charge is 0.497 e. The molecule has 128 valence electrons. The number of hydrogen-bond donors (Lipinski definition) is 1. The molecule has 3 heteroatoms. The van der Waals surface area contributed by atoms with Crippen molar-refractivity contribution in [2.75, 3.05) is 12.4 Å². The normalized spacial score (nSPS) is 17.2. The first kappa shape index (κ1) is 16.2. The number of carbonyl (C=O) groups excluding carboxylic acids is 1. The minimum atomic E-state index is -0.0503. The Morgan fingerprint density at radius 2 is 1.58 bits per heavy atom. The van der Waals surface area contributed by atoms with Crippen molar-refractivity contribution in [3.05, 3.63) is 107 Å². The Bertz CT molecular complexity index is 959. The number of Topliss-reactive ketones (excluding diaryl/α,β-unsaturated/α-hetero) is 1. The molecule has 0 bridgehead atoms. The van der Waals surface area contributed by atoms with Gasteiger partial charge >= 0.3 is 0 Å². The number of methoxy groups -OCH3 is 1. The van der Waals surface area contributed by atoms with Crippen LogP contribution in [0.15, 0.2) is 90.6 Å². The van der Waals surface area contributed by atoms with Crippen molar-refractivity contribution in [3.63, 3.8) is 0 Å². The second kappa shape index (κ2) is 6.89. The first-order valence-corrected chi connectivity index (χ1v) is 8.57. The molecule has 26 heavy (non-hydrogen) atoms. The predicted molar refractivity (Wildman–Crippen MR) is 104 cm³/mol. The summed E-state index contributed by atoms with van der Waals surface area (Å²) in [5.41, 5.74) is 4.63. The van der Waals surface area contributed by atoms with E-state index in [-0.39, 0.29) is 11.7 Å². The zero-order valence-electron chi connectivity index (χ0n) is 14.5. The van der Waals surface area contributed by atoms with Crippen LogP contribution in [0.3, 0.4) is 0 Å². The van der Waals surface area contributed by atoms with Gasteiger partial charge in [0.15, 0.2) is 5.78 Å². The number of fused-ring (bicyclic) bond motifs is 1. The number of anilines is 1. The highest BCUT2D eigenvalue weighted by Gasteiger charge is 2.35. The molecule has 0 aromatic heterocycles. The van der Waals surface area contributed by atoms with Crippen molar-refractivity contribution in [1.29, 1.82) is 0 Å². The average molecular weight is 341 g/mol. The highest BCUT2D eigenvalue weighted by atomic mass is 16.5. The molecule has 1 aliphatic carbocycles. The summed E-state index contributed by atoms with van der Waals surface area (Å²) in [6, 6.07) is 25.6. The average Bonchev–Trinajstić information content (AvgIpc) is 2.99.